The van der Waals surface area contributed by atoms with Crippen molar-refractivity contribution in [3.63, 3.8) is 0 Å². The summed E-state index contributed by atoms with van der Waals surface area (Å²) in [7, 11) is 0. The van der Waals surface area contributed by atoms with Gasteiger partial charge in [0.2, 0.25) is 5.88 Å². The van der Waals surface area contributed by atoms with Gasteiger partial charge in [-0.2, -0.15) is 4.98 Å². The highest BCUT2D eigenvalue weighted by molar-refractivity contribution is 5.67. The molecule has 0 aliphatic carbocycles. The second-order valence-electron chi connectivity index (χ2n) is 7.48. The minimum Gasteiger partial charge on any atom is -0.478 e. The highest BCUT2D eigenvalue weighted by atomic mass is 16.6. The molecule has 1 aromatic carbocycles. The molecule has 2 aliphatic rings. The summed E-state index contributed by atoms with van der Waals surface area (Å²) in [6, 6.07) is 11.3. The van der Waals surface area contributed by atoms with Crippen molar-refractivity contribution in [2.45, 2.75) is 25.5 Å². The highest BCUT2D eigenvalue weighted by Crippen LogP contribution is 2.31. The molecule has 3 aromatic rings. The molecule has 0 spiro atoms. The van der Waals surface area contributed by atoms with Crippen molar-refractivity contribution in [3.05, 3.63) is 64.2 Å². The molecule has 4 heterocycles. The molecule has 2 aliphatic heterocycles. The van der Waals surface area contributed by atoms with Gasteiger partial charge < -0.3 is 19.3 Å². The molecule has 162 valence electrons. The van der Waals surface area contributed by atoms with Crippen LogP contribution >= 0.6 is 0 Å². The molecule has 0 amide bonds. The quantitative estimate of drug-likeness (QED) is 0.630. The summed E-state index contributed by atoms with van der Waals surface area (Å²) in [5.41, 5.74) is 3.40. The van der Waals surface area contributed by atoms with Crippen molar-refractivity contribution in [1.82, 2.24) is 14.5 Å². The van der Waals surface area contributed by atoms with Crippen molar-refractivity contribution in [2.75, 3.05) is 19.8 Å². The molecule has 1 unspecified atom stereocenters. The Morgan fingerprint density at radius 3 is 3.12 bits per heavy atom. The Labute approximate surface area is 184 Å². The monoisotopic (exact) mass is 431 g/mol. The van der Waals surface area contributed by atoms with E-state index in [2.05, 4.69) is 21.8 Å². The van der Waals surface area contributed by atoms with Crippen molar-refractivity contribution in [1.29, 1.82) is 0 Å². The van der Waals surface area contributed by atoms with Crippen LogP contribution in [0.25, 0.3) is 11.3 Å². The predicted octanol–water partition coefficient (Wildman–Crippen LogP) is 1.81. The van der Waals surface area contributed by atoms with Gasteiger partial charge in [-0.3, -0.25) is 4.57 Å². The minimum absolute atomic E-state index is 0.0471. The van der Waals surface area contributed by atoms with E-state index in [1.54, 1.807) is 29.0 Å². The Hall–Kier alpha value is -3.83. The summed E-state index contributed by atoms with van der Waals surface area (Å²) in [6.07, 6.45) is 2.48. The Morgan fingerprint density at radius 2 is 2.22 bits per heavy atom. The zero-order chi connectivity index (χ0) is 21.9. The van der Waals surface area contributed by atoms with E-state index in [4.69, 9.17) is 19.3 Å². The Morgan fingerprint density at radius 1 is 1.28 bits per heavy atom. The lowest BCUT2D eigenvalue weighted by Crippen LogP contribution is -2.35. The van der Waals surface area contributed by atoms with Crippen LogP contribution < -0.4 is 19.9 Å². The molecule has 1 N–H and O–H groups in total. The third-order valence-electron chi connectivity index (χ3n) is 5.30. The largest absolute Gasteiger partial charge is 0.478 e. The molecular weight excluding hydrogens is 410 g/mol. The van der Waals surface area contributed by atoms with Crippen LogP contribution in [0.1, 0.15) is 17.5 Å². The van der Waals surface area contributed by atoms with Crippen LogP contribution in [0.15, 0.2) is 47.4 Å². The van der Waals surface area contributed by atoms with Crippen LogP contribution in [0.2, 0.25) is 0 Å². The van der Waals surface area contributed by atoms with Crippen LogP contribution in [0, 0.1) is 11.8 Å². The van der Waals surface area contributed by atoms with E-state index in [0.29, 0.717) is 31.2 Å². The van der Waals surface area contributed by atoms with Gasteiger partial charge >= 0.3 is 5.69 Å². The Bertz CT molecular complexity index is 1270. The van der Waals surface area contributed by atoms with Gasteiger partial charge in [-0.15, -0.1) is 0 Å². The van der Waals surface area contributed by atoms with Crippen molar-refractivity contribution < 1.29 is 19.3 Å². The van der Waals surface area contributed by atoms with Crippen LogP contribution in [0.4, 0.5) is 0 Å². The number of pyridine rings is 1. The summed E-state index contributed by atoms with van der Waals surface area (Å²) < 4.78 is 18.9. The molecule has 0 bridgehead atoms. The van der Waals surface area contributed by atoms with Crippen LogP contribution in [-0.2, 0) is 13.0 Å². The Balaban J connectivity index is 1.35. The normalized spacial score (nSPS) is 15.7. The second kappa shape index (κ2) is 8.73. The molecule has 32 heavy (non-hydrogen) atoms. The highest BCUT2D eigenvalue weighted by Gasteiger charge is 2.24. The van der Waals surface area contributed by atoms with Gasteiger partial charge in [0.1, 0.15) is 13.2 Å². The zero-order valence-electron chi connectivity index (χ0n) is 17.3. The molecule has 1 atom stereocenters. The zero-order valence-corrected chi connectivity index (χ0v) is 17.3. The SMILES string of the molecule is O=c1nc(OCC2COc3ncccc3O2)cc2n1CCc1cc(C#CCCO)ccc1-2. The number of hydrogen-bond donors (Lipinski definition) is 1. The van der Waals surface area contributed by atoms with Gasteiger partial charge in [-0.05, 0) is 36.2 Å². The maximum Gasteiger partial charge on any atom is 0.351 e. The van der Waals surface area contributed by atoms with Gasteiger partial charge in [-0.1, -0.05) is 17.9 Å². The topological polar surface area (TPSA) is 95.7 Å². The van der Waals surface area contributed by atoms with E-state index in [9.17, 15) is 4.79 Å². The molecular formula is C24H21N3O5. The molecule has 2 aromatic heterocycles. The molecule has 0 saturated carbocycles. The molecule has 5 rings (SSSR count). The fraction of sp³-hybridized carbons (Fsp3) is 0.292. The summed E-state index contributed by atoms with van der Waals surface area (Å²) in [6.45, 7) is 1.09. The van der Waals surface area contributed by atoms with Gasteiger partial charge in [0.25, 0.3) is 5.88 Å². The second-order valence-corrected chi connectivity index (χ2v) is 7.48. The molecule has 8 heteroatoms. The third kappa shape index (κ3) is 4.03. The van der Waals surface area contributed by atoms with Crippen molar-refractivity contribution >= 4 is 0 Å². The summed E-state index contributed by atoms with van der Waals surface area (Å²) in [5.74, 6) is 7.28. The van der Waals surface area contributed by atoms with Gasteiger partial charge in [0, 0.05) is 36.4 Å². The number of fused-ring (bicyclic) bond motifs is 4. The van der Waals surface area contributed by atoms with Gasteiger partial charge in [-0.25, -0.2) is 9.78 Å². The van der Waals surface area contributed by atoms with Gasteiger partial charge in [0.15, 0.2) is 11.9 Å². The average molecular weight is 431 g/mol. The van der Waals surface area contributed by atoms with Crippen molar-refractivity contribution in [2.24, 2.45) is 0 Å². The first kappa shape index (κ1) is 20.1. The first-order valence-corrected chi connectivity index (χ1v) is 10.4. The average Bonchev–Trinajstić information content (AvgIpc) is 2.82. The van der Waals surface area contributed by atoms with Crippen LogP contribution in [0.3, 0.4) is 0 Å². The smallest absolute Gasteiger partial charge is 0.351 e. The van der Waals surface area contributed by atoms with Crippen LogP contribution in [-0.4, -0.2) is 45.6 Å². The number of aromatic nitrogens is 3. The van der Waals surface area contributed by atoms with E-state index in [-0.39, 0.29) is 30.9 Å². The van der Waals surface area contributed by atoms with E-state index >= 15 is 0 Å². The van der Waals surface area contributed by atoms with Gasteiger partial charge in [0.05, 0.1) is 12.3 Å². The van der Waals surface area contributed by atoms with Crippen molar-refractivity contribution in [3.8, 4) is 40.6 Å². The lowest BCUT2D eigenvalue weighted by atomic mass is 9.95. The number of benzene rings is 1. The number of rotatable bonds is 4. The maximum atomic E-state index is 12.6. The minimum atomic E-state index is -0.342. The lowest BCUT2D eigenvalue weighted by molar-refractivity contribution is 0.0486. The lowest BCUT2D eigenvalue weighted by Gasteiger charge is -2.25. The number of aliphatic hydroxyl groups is 1. The van der Waals surface area contributed by atoms with E-state index in [0.717, 1.165) is 28.8 Å². The first-order valence-electron chi connectivity index (χ1n) is 10.4. The number of ether oxygens (including phenoxy) is 3. The Kier molecular flexibility index (Phi) is 5.48. The number of nitrogens with zero attached hydrogens (tertiary/aromatic N) is 3. The fourth-order valence-corrected chi connectivity index (χ4v) is 3.80. The predicted molar refractivity (Wildman–Crippen MR) is 116 cm³/mol. The molecule has 0 radical (unpaired) electrons. The van der Waals surface area contributed by atoms with E-state index in [1.807, 2.05) is 18.2 Å². The van der Waals surface area contributed by atoms with E-state index in [1.165, 1.54) is 0 Å². The molecule has 8 nitrogen and oxygen atoms in total. The number of hydrogen-bond acceptors (Lipinski definition) is 7. The third-order valence-corrected chi connectivity index (χ3v) is 5.30. The summed E-state index contributed by atoms with van der Waals surface area (Å²) in [4.78, 5) is 20.8. The first-order chi connectivity index (χ1) is 15.7. The molecule has 0 saturated heterocycles. The number of aliphatic hydroxyl groups excluding tert-OH is 1. The maximum absolute atomic E-state index is 12.6. The summed E-state index contributed by atoms with van der Waals surface area (Å²) in [5, 5.41) is 8.90. The molecule has 0 fully saturated rings. The fourth-order valence-electron chi connectivity index (χ4n) is 3.80. The van der Waals surface area contributed by atoms with E-state index < -0.39 is 0 Å². The number of aryl methyl sites for hydroxylation is 1. The standard InChI is InChI=1S/C24H21N3O5/c28-11-2-1-4-16-6-7-19-17(12-16)8-10-27-20(19)13-22(26-24(27)29)30-14-18-15-31-23-21(32-18)5-3-9-25-23/h3,5-7,9,12-13,18,28H,2,8,10-11,14-15H2. The summed E-state index contributed by atoms with van der Waals surface area (Å²) >= 11 is 0. The van der Waals surface area contributed by atoms with Crippen LogP contribution in [0.5, 0.6) is 17.5 Å².